The molecule has 1 N–H and O–H groups in total. The number of halogens is 1. The van der Waals surface area contributed by atoms with Crippen molar-refractivity contribution >= 4 is 17.2 Å². The Morgan fingerprint density at radius 1 is 1.27 bits per heavy atom. The molecule has 1 aliphatic rings. The summed E-state index contributed by atoms with van der Waals surface area (Å²) in [6, 6.07) is 5.96. The van der Waals surface area contributed by atoms with Crippen molar-refractivity contribution in [2.45, 2.75) is 45.4 Å². The summed E-state index contributed by atoms with van der Waals surface area (Å²) >= 11 is 1.22. The number of carbonyl (C=O) groups is 1. The minimum absolute atomic E-state index is 0.0111. The van der Waals surface area contributed by atoms with Gasteiger partial charge in [-0.1, -0.05) is 23.5 Å². The maximum Gasteiger partial charge on any atom is 0.274 e. The summed E-state index contributed by atoms with van der Waals surface area (Å²) in [5.74, 6) is -1.28. The molecule has 33 heavy (non-hydrogen) atoms. The number of ether oxygens (including phenoxy) is 1. The highest BCUT2D eigenvalue weighted by atomic mass is 32.1. The molecule has 3 heterocycles. The molecule has 2 aromatic heterocycles. The topological polar surface area (TPSA) is 97.5 Å². The number of amides is 1. The zero-order valence-corrected chi connectivity index (χ0v) is 19.4. The number of hydrogen-bond acceptors (Lipinski definition) is 7. The predicted molar refractivity (Wildman–Crippen MR) is 122 cm³/mol. The molecule has 0 bridgehead atoms. The zero-order chi connectivity index (χ0) is 23.7. The van der Waals surface area contributed by atoms with Crippen molar-refractivity contribution < 1.29 is 19.0 Å². The molecule has 1 aliphatic heterocycles. The number of benzene rings is 1. The molecule has 0 saturated heterocycles. The van der Waals surface area contributed by atoms with E-state index in [1.54, 1.807) is 34.9 Å². The van der Waals surface area contributed by atoms with Crippen LogP contribution in [0.4, 0.5) is 4.39 Å². The summed E-state index contributed by atoms with van der Waals surface area (Å²) in [6.45, 7) is 4.68. The van der Waals surface area contributed by atoms with Crippen molar-refractivity contribution in [1.29, 1.82) is 0 Å². The normalized spacial score (nSPS) is 16.7. The molecule has 0 aliphatic carbocycles. The second-order valence-electron chi connectivity index (χ2n) is 8.05. The van der Waals surface area contributed by atoms with Gasteiger partial charge in [-0.25, -0.2) is 4.39 Å². The number of likely N-dealkylation sites (N-methyl/N-ethyl adjacent to an activating group) is 1. The Morgan fingerprint density at radius 2 is 2.00 bits per heavy atom. The Labute approximate surface area is 194 Å². The van der Waals surface area contributed by atoms with E-state index in [4.69, 9.17) is 4.74 Å². The Balaban J connectivity index is 1.68. The summed E-state index contributed by atoms with van der Waals surface area (Å²) in [5, 5.41) is 20.0. The number of pyridine rings is 1. The fourth-order valence-corrected chi connectivity index (χ4v) is 4.97. The van der Waals surface area contributed by atoms with Crippen molar-refractivity contribution in [3.63, 3.8) is 0 Å². The summed E-state index contributed by atoms with van der Waals surface area (Å²) in [5.41, 5.74) is 0.390. The van der Waals surface area contributed by atoms with Crippen LogP contribution in [0.15, 0.2) is 35.3 Å². The number of carbonyl (C=O) groups excluding carboxylic acids is 1. The van der Waals surface area contributed by atoms with Gasteiger partial charge in [-0.3, -0.25) is 9.59 Å². The van der Waals surface area contributed by atoms with Crippen molar-refractivity contribution in [3.8, 4) is 16.3 Å². The maximum atomic E-state index is 13.1. The summed E-state index contributed by atoms with van der Waals surface area (Å²) < 4.78 is 20.2. The highest BCUT2D eigenvalue weighted by Crippen LogP contribution is 2.30. The van der Waals surface area contributed by atoms with Crippen LogP contribution in [0, 0.1) is 5.82 Å². The lowest BCUT2D eigenvalue weighted by molar-refractivity contribution is 0.0421. The van der Waals surface area contributed by atoms with Crippen LogP contribution in [0.2, 0.25) is 0 Å². The van der Waals surface area contributed by atoms with Crippen LogP contribution in [0.1, 0.15) is 41.3 Å². The average Bonchev–Trinajstić information content (AvgIpc) is 3.25. The second-order valence-corrected chi connectivity index (χ2v) is 9.11. The van der Waals surface area contributed by atoms with E-state index in [-0.39, 0.29) is 35.1 Å². The van der Waals surface area contributed by atoms with E-state index in [1.165, 1.54) is 23.5 Å². The smallest absolute Gasteiger partial charge is 0.274 e. The van der Waals surface area contributed by atoms with Crippen molar-refractivity contribution in [1.82, 2.24) is 19.7 Å². The number of fused-ring (bicyclic) bond motifs is 1. The number of aromatic hydroxyl groups is 1. The molecule has 2 atom stereocenters. The van der Waals surface area contributed by atoms with Gasteiger partial charge >= 0.3 is 0 Å². The Morgan fingerprint density at radius 3 is 2.67 bits per heavy atom. The average molecular weight is 473 g/mol. The SMILES string of the molecule is CCN1C(=O)c2c(O)c(=O)c(-c3nnc(Cc4ccc(F)cc4)s3)cn2C[C@@H]1C[C@H](C)OC. The molecule has 174 valence electrons. The van der Waals surface area contributed by atoms with Crippen LogP contribution in [-0.4, -0.2) is 56.5 Å². The molecule has 10 heteroatoms. The maximum absolute atomic E-state index is 13.1. The highest BCUT2D eigenvalue weighted by molar-refractivity contribution is 7.14. The van der Waals surface area contributed by atoms with E-state index >= 15 is 0 Å². The molecule has 0 unspecified atom stereocenters. The summed E-state index contributed by atoms with van der Waals surface area (Å²) in [7, 11) is 1.62. The molecule has 0 radical (unpaired) electrons. The third-order valence-electron chi connectivity index (χ3n) is 5.88. The van der Waals surface area contributed by atoms with E-state index in [0.717, 1.165) is 5.56 Å². The van der Waals surface area contributed by atoms with E-state index < -0.39 is 11.2 Å². The molecule has 0 saturated carbocycles. The Hall–Kier alpha value is -3.11. The molecule has 1 amide bonds. The first-order valence-corrected chi connectivity index (χ1v) is 11.5. The molecule has 1 aromatic carbocycles. The van der Waals surface area contributed by atoms with Gasteiger partial charge < -0.3 is 19.3 Å². The molecule has 0 fully saturated rings. The molecule has 0 spiro atoms. The number of rotatable bonds is 7. The molecular formula is C23H25FN4O4S. The minimum Gasteiger partial charge on any atom is -0.503 e. The second kappa shape index (κ2) is 9.40. The molecular weight excluding hydrogens is 447 g/mol. The van der Waals surface area contributed by atoms with Crippen LogP contribution in [0.5, 0.6) is 5.75 Å². The number of hydrogen-bond donors (Lipinski definition) is 1. The van der Waals surface area contributed by atoms with Crippen LogP contribution >= 0.6 is 11.3 Å². The number of aromatic nitrogens is 3. The van der Waals surface area contributed by atoms with Gasteiger partial charge in [0, 0.05) is 32.8 Å². The van der Waals surface area contributed by atoms with Gasteiger partial charge in [-0.05, 0) is 38.0 Å². The Bertz CT molecular complexity index is 1220. The number of methoxy groups -OCH3 is 1. The fraction of sp³-hybridized carbons (Fsp3) is 0.391. The molecule has 8 nitrogen and oxygen atoms in total. The quantitative estimate of drug-likeness (QED) is 0.568. The summed E-state index contributed by atoms with van der Waals surface area (Å²) in [4.78, 5) is 27.7. The van der Waals surface area contributed by atoms with Crippen LogP contribution in [0.25, 0.3) is 10.6 Å². The van der Waals surface area contributed by atoms with Gasteiger partial charge in [0.15, 0.2) is 16.5 Å². The van der Waals surface area contributed by atoms with Gasteiger partial charge in [0.2, 0.25) is 5.43 Å². The summed E-state index contributed by atoms with van der Waals surface area (Å²) in [6.07, 6.45) is 2.59. The minimum atomic E-state index is -0.654. The fourth-order valence-electron chi connectivity index (χ4n) is 4.09. The van der Waals surface area contributed by atoms with E-state index in [9.17, 15) is 19.1 Å². The third-order valence-corrected chi connectivity index (χ3v) is 6.84. The Kier molecular flexibility index (Phi) is 6.57. The van der Waals surface area contributed by atoms with E-state index in [2.05, 4.69) is 10.2 Å². The van der Waals surface area contributed by atoms with E-state index in [0.29, 0.717) is 35.9 Å². The van der Waals surface area contributed by atoms with Gasteiger partial charge in [-0.15, -0.1) is 10.2 Å². The van der Waals surface area contributed by atoms with Crippen LogP contribution < -0.4 is 5.43 Å². The van der Waals surface area contributed by atoms with E-state index in [1.807, 2.05) is 13.8 Å². The van der Waals surface area contributed by atoms with Gasteiger partial charge in [0.05, 0.1) is 17.7 Å². The van der Waals surface area contributed by atoms with Gasteiger partial charge in [0.25, 0.3) is 5.91 Å². The third kappa shape index (κ3) is 4.53. The number of nitrogens with zero attached hydrogens (tertiary/aromatic N) is 4. The first-order valence-electron chi connectivity index (χ1n) is 10.7. The molecule has 4 rings (SSSR count). The largest absolute Gasteiger partial charge is 0.503 e. The van der Waals surface area contributed by atoms with Crippen molar-refractivity contribution in [3.05, 3.63) is 62.8 Å². The van der Waals surface area contributed by atoms with Crippen LogP contribution in [-0.2, 0) is 17.7 Å². The standard InChI is InChI=1S/C23H25FN4O4S/c1-4-28-16(9-13(2)32-3)11-27-12-17(20(29)21(30)19(27)23(28)31)22-26-25-18(33-22)10-14-5-7-15(24)8-6-14/h5-8,12-13,16,30H,4,9-11H2,1-3H3/t13-,16-/m0/s1. The van der Waals surface area contributed by atoms with Crippen LogP contribution in [0.3, 0.4) is 0 Å². The van der Waals surface area contributed by atoms with Gasteiger partial charge in [0.1, 0.15) is 10.8 Å². The molecule has 3 aromatic rings. The monoisotopic (exact) mass is 472 g/mol. The first kappa shape index (κ1) is 23.1. The first-order chi connectivity index (χ1) is 15.8. The lowest BCUT2D eigenvalue weighted by atomic mass is 10.0. The van der Waals surface area contributed by atoms with Crippen molar-refractivity contribution in [2.75, 3.05) is 13.7 Å². The predicted octanol–water partition coefficient (Wildman–Crippen LogP) is 3.07. The highest BCUT2D eigenvalue weighted by Gasteiger charge is 2.35. The lowest BCUT2D eigenvalue weighted by Gasteiger charge is -2.38. The zero-order valence-electron chi connectivity index (χ0n) is 18.6. The van der Waals surface area contributed by atoms with Gasteiger partial charge in [-0.2, -0.15) is 0 Å². The van der Waals surface area contributed by atoms with Crippen molar-refractivity contribution in [2.24, 2.45) is 0 Å². The lowest BCUT2D eigenvalue weighted by Crippen LogP contribution is -2.50.